The molecule has 0 unspecified atom stereocenters. The van der Waals surface area contributed by atoms with Crippen molar-refractivity contribution in [3.05, 3.63) is 78.6 Å². The van der Waals surface area contributed by atoms with Crippen LogP contribution in [0.15, 0.2) is 73.1 Å². The van der Waals surface area contributed by atoms with Crippen molar-refractivity contribution in [1.82, 2.24) is 9.97 Å². The molecule has 4 heteroatoms. The zero-order valence-corrected chi connectivity index (χ0v) is 13.3. The highest BCUT2D eigenvalue weighted by Crippen LogP contribution is 2.27. The number of benzene rings is 3. The number of ether oxygens (including phenoxy) is 1. The number of aryl methyl sites for hydroxylation is 1. The maximum Gasteiger partial charge on any atom is 0.130 e. The molecule has 24 heavy (non-hydrogen) atoms. The van der Waals surface area contributed by atoms with E-state index in [0.717, 1.165) is 39.5 Å². The number of anilines is 2. The molecule has 0 saturated heterocycles. The molecule has 1 aromatic heterocycles. The third kappa shape index (κ3) is 2.94. The summed E-state index contributed by atoms with van der Waals surface area (Å²) in [4.78, 5) is 7.36. The molecule has 0 saturated carbocycles. The molecule has 0 aliphatic heterocycles. The topological polar surface area (TPSA) is 49.9 Å². The van der Waals surface area contributed by atoms with Crippen molar-refractivity contribution in [3.63, 3.8) is 0 Å². The SMILES string of the molecule is Cc1ccccc1Oc1ccc(Nc2ccc3[nH]cnc3c2)cc1. The van der Waals surface area contributed by atoms with E-state index in [1.54, 1.807) is 6.33 Å². The number of hydrogen-bond donors (Lipinski definition) is 2. The summed E-state index contributed by atoms with van der Waals surface area (Å²) in [5.74, 6) is 1.69. The molecular formula is C20H17N3O. The number of aromatic nitrogens is 2. The van der Waals surface area contributed by atoms with E-state index in [1.165, 1.54) is 0 Å². The number of hydrogen-bond acceptors (Lipinski definition) is 3. The molecule has 0 bridgehead atoms. The fourth-order valence-corrected chi connectivity index (χ4v) is 2.58. The molecule has 4 aromatic rings. The van der Waals surface area contributed by atoms with Gasteiger partial charge in [0.1, 0.15) is 11.5 Å². The summed E-state index contributed by atoms with van der Waals surface area (Å²) in [7, 11) is 0. The Morgan fingerprint density at radius 3 is 2.54 bits per heavy atom. The van der Waals surface area contributed by atoms with Gasteiger partial charge in [-0.1, -0.05) is 18.2 Å². The quantitative estimate of drug-likeness (QED) is 0.529. The lowest BCUT2D eigenvalue weighted by Crippen LogP contribution is -1.91. The lowest BCUT2D eigenvalue weighted by Gasteiger charge is -2.10. The second-order valence-electron chi connectivity index (χ2n) is 5.65. The van der Waals surface area contributed by atoms with Gasteiger partial charge in [0, 0.05) is 11.4 Å². The summed E-state index contributed by atoms with van der Waals surface area (Å²) in [6.45, 7) is 2.04. The van der Waals surface area contributed by atoms with Crippen LogP contribution in [0, 0.1) is 6.92 Å². The lowest BCUT2D eigenvalue weighted by atomic mass is 10.2. The molecule has 4 rings (SSSR count). The maximum absolute atomic E-state index is 5.92. The van der Waals surface area contributed by atoms with Crippen LogP contribution >= 0.6 is 0 Å². The van der Waals surface area contributed by atoms with Crippen LogP contribution in [0.2, 0.25) is 0 Å². The Balaban J connectivity index is 1.50. The minimum Gasteiger partial charge on any atom is -0.457 e. The Kier molecular flexibility index (Phi) is 3.63. The van der Waals surface area contributed by atoms with E-state index in [-0.39, 0.29) is 0 Å². The highest BCUT2D eigenvalue weighted by Gasteiger charge is 2.02. The predicted molar refractivity (Wildman–Crippen MR) is 97.1 cm³/mol. The Labute approximate surface area is 140 Å². The summed E-state index contributed by atoms with van der Waals surface area (Å²) >= 11 is 0. The van der Waals surface area contributed by atoms with Crippen molar-refractivity contribution < 1.29 is 4.74 Å². The summed E-state index contributed by atoms with van der Waals surface area (Å²) in [5, 5.41) is 3.38. The minimum absolute atomic E-state index is 0.817. The Bertz CT molecular complexity index is 974. The largest absolute Gasteiger partial charge is 0.457 e. The number of rotatable bonds is 4. The van der Waals surface area contributed by atoms with Gasteiger partial charge in [0.25, 0.3) is 0 Å². The molecule has 2 N–H and O–H groups in total. The van der Waals surface area contributed by atoms with E-state index < -0.39 is 0 Å². The van der Waals surface area contributed by atoms with Gasteiger partial charge in [0.15, 0.2) is 0 Å². The van der Waals surface area contributed by atoms with E-state index in [0.29, 0.717) is 0 Å². The molecule has 3 aromatic carbocycles. The standard InChI is InChI=1S/C20H17N3O/c1-14-4-2-3-5-20(14)24-17-9-6-15(7-10-17)23-16-8-11-18-19(12-16)22-13-21-18/h2-13,23H,1H3,(H,21,22). The summed E-state index contributed by atoms with van der Waals surface area (Å²) in [6, 6.07) is 22.0. The smallest absolute Gasteiger partial charge is 0.130 e. The maximum atomic E-state index is 5.92. The predicted octanol–water partition coefficient (Wildman–Crippen LogP) is 5.41. The molecule has 1 heterocycles. The van der Waals surface area contributed by atoms with E-state index in [2.05, 4.69) is 15.3 Å². The number of nitrogens with zero attached hydrogens (tertiary/aromatic N) is 1. The van der Waals surface area contributed by atoms with Crippen LogP contribution in [-0.4, -0.2) is 9.97 Å². The number of aromatic amines is 1. The van der Waals surface area contributed by atoms with Gasteiger partial charge in [-0.3, -0.25) is 0 Å². The molecule has 0 spiro atoms. The molecule has 0 aliphatic carbocycles. The number of nitrogens with one attached hydrogen (secondary N) is 2. The Hall–Kier alpha value is -3.27. The first kappa shape index (κ1) is 14.3. The first-order chi connectivity index (χ1) is 11.8. The van der Waals surface area contributed by atoms with Gasteiger partial charge in [-0.25, -0.2) is 4.98 Å². The van der Waals surface area contributed by atoms with Crippen molar-refractivity contribution >= 4 is 22.4 Å². The number of H-pyrrole nitrogens is 1. The van der Waals surface area contributed by atoms with Crippen LogP contribution in [0.3, 0.4) is 0 Å². The highest BCUT2D eigenvalue weighted by atomic mass is 16.5. The highest BCUT2D eigenvalue weighted by molar-refractivity contribution is 5.80. The average Bonchev–Trinajstić information content (AvgIpc) is 3.06. The van der Waals surface area contributed by atoms with Gasteiger partial charge < -0.3 is 15.0 Å². The third-order valence-corrected chi connectivity index (χ3v) is 3.89. The van der Waals surface area contributed by atoms with Gasteiger partial charge in [-0.15, -0.1) is 0 Å². The zero-order chi connectivity index (χ0) is 16.4. The fourth-order valence-electron chi connectivity index (χ4n) is 2.58. The fraction of sp³-hybridized carbons (Fsp3) is 0.0500. The monoisotopic (exact) mass is 315 g/mol. The third-order valence-electron chi connectivity index (χ3n) is 3.89. The van der Waals surface area contributed by atoms with Crippen LogP contribution in [0.25, 0.3) is 11.0 Å². The normalized spacial score (nSPS) is 10.7. The molecule has 0 aliphatic rings. The average molecular weight is 315 g/mol. The van der Waals surface area contributed by atoms with Crippen molar-refractivity contribution in [2.24, 2.45) is 0 Å². The second kappa shape index (κ2) is 6.08. The molecule has 4 nitrogen and oxygen atoms in total. The molecule has 118 valence electrons. The van der Waals surface area contributed by atoms with E-state index in [9.17, 15) is 0 Å². The van der Waals surface area contributed by atoms with Gasteiger partial charge >= 0.3 is 0 Å². The van der Waals surface area contributed by atoms with Crippen LogP contribution in [-0.2, 0) is 0 Å². The molecule has 0 radical (unpaired) electrons. The summed E-state index contributed by atoms with van der Waals surface area (Å²) in [6.07, 6.45) is 1.70. The van der Waals surface area contributed by atoms with Crippen LogP contribution < -0.4 is 10.1 Å². The number of fused-ring (bicyclic) bond motifs is 1. The van der Waals surface area contributed by atoms with Crippen molar-refractivity contribution in [1.29, 1.82) is 0 Å². The lowest BCUT2D eigenvalue weighted by molar-refractivity contribution is 0.479. The van der Waals surface area contributed by atoms with E-state index in [1.807, 2.05) is 73.7 Å². The van der Waals surface area contributed by atoms with Crippen molar-refractivity contribution in [2.75, 3.05) is 5.32 Å². The van der Waals surface area contributed by atoms with Crippen LogP contribution in [0.4, 0.5) is 11.4 Å². The van der Waals surface area contributed by atoms with E-state index in [4.69, 9.17) is 4.74 Å². The van der Waals surface area contributed by atoms with Gasteiger partial charge in [0.05, 0.1) is 17.4 Å². The van der Waals surface area contributed by atoms with Gasteiger partial charge in [-0.2, -0.15) is 0 Å². The molecule has 0 amide bonds. The van der Waals surface area contributed by atoms with Crippen LogP contribution in [0.1, 0.15) is 5.56 Å². The number of para-hydroxylation sites is 1. The molecule has 0 fully saturated rings. The minimum atomic E-state index is 0.817. The number of imidazole rings is 1. The van der Waals surface area contributed by atoms with Crippen molar-refractivity contribution in [3.8, 4) is 11.5 Å². The molecule has 0 atom stereocenters. The Morgan fingerprint density at radius 1 is 0.917 bits per heavy atom. The first-order valence-corrected chi connectivity index (χ1v) is 7.82. The Morgan fingerprint density at radius 2 is 1.71 bits per heavy atom. The zero-order valence-electron chi connectivity index (χ0n) is 13.3. The van der Waals surface area contributed by atoms with Crippen molar-refractivity contribution in [2.45, 2.75) is 6.92 Å². The summed E-state index contributed by atoms with van der Waals surface area (Å²) < 4.78 is 5.92. The summed E-state index contributed by atoms with van der Waals surface area (Å²) in [5.41, 5.74) is 5.10. The van der Waals surface area contributed by atoms with E-state index >= 15 is 0 Å². The first-order valence-electron chi connectivity index (χ1n) is 7.82. The van der Waals surface area contributed by atoms with Gasteiger partial charge in [-0.05, 0) is 61.0 Å². The second-order valence-corrected chi connectivity index (χ2v) is 5.65. The van der Waals surface area contributed by atoms with Gasteiger partial charge in [0.2, 0.25) is 0 Å². The van der Waals surface area contributed by atoms with Crippen LogP contribution in [0.5, 0.6) is 11.5 Å². The molecular weight excluding hydrogens is 298 g/mol.